The van der Waals surface area contributed by atoms with Crippen molar-refractivity contribution in [2.45, 2.75) is 157 Å². The van der Waals surface area contributed by atoms with Crippen molar-refractivity contribution in [2.24, 2.45) is 0 Å². The van der Waals surface area contributed by atoms with Crippen molar-refractivity contribution in [1.29, 1.82) is 0 Å². The summed E-state index contributed by atoms with van der Waals surface area (Å²) in [5, 5.41) is -0.780. The van der Waals surface area contributed by atoms with Gasteiger partial charge >= 0.3 is 19.5 Å². The van der Waals surface area contributed by atoms with Gasteiger partial charge in [0.15, 0.2) is 17.2 Å². The molecular formula is C74H63Cl13N8O3Zn. The van der Waals surface area contributed by atoms with Crippen LogP contribution in [0.3, 0.4) is 0 Å². The van der Waals surface area contributed by atoms with Gasteiger partial charge in [-0.05, 0) is 67.4 Å². The molecule has 0 saturated heterocycles. The van der Waals surface area contributed by atoms with Crippen molar-refractivity contribution < 1.29 is 33.7 Å². The summed E-state index contributed by atoms with van der Waals surface area (Å²) in [4.78, 5) is 41.0. The van der Waals surface area contributed by atoms with Crippen LogP contribution in [0.4, 0.5) is 0 Å². The molecule has 12 rings (SSSR count). The summed E-state index contributed by atoms with van der Waals surface area (Å²) in [5.41, 5.74) is 3.75. The molecule has 2 aliphatic heterocycles. The molecule has 25 heteroatoms. The molecule has 0 unspecified atom stereocenters. The van der Waals surface area contributed by atoms with E-state index < -0.39 is 16.2 Å². The maximum absolute atomic E-state index is 7.80. The van der Waals surface area contributed by atoms with Crippen LogP contribution in [0.15, 0.2) is 54.6 Å². The zero-order chi connectivity index (χ0) is 71.8. The fraction of sp³-hybridized carbons (Fsp3) is 0.324. The number of hydrogen-bond acceptors (Lipinski definition) is 9. The van der Waals surface area contributed by atoms with E-state index in [4.69, 9.17) is 205 Å². The molecule has 0 fully saturated rings. The van der Waals surface area contributed by atoms with Crippen LogP contribution >= 0.6 is 151 Å². The Kier molecular flexibility index (Phi) is 20.2. The number of fused-ring (bicyclic) bond motifs is 20. The molecular weight excluding hydrogens is 1580 g/mol. The zero-order valence-electron chi connectivity index (χ0n) is 57.1. The monoisotopic (exact) mass is 1630 g/mol. The second-order valence-electron chi connectivity index (χ2n) is 30.5. The average molecular weight is 1640 g/mol. The summed E-state index contributed by atoms with van der Waals surface area (Å²) >= 11 is 96.5. The molecule has 0 saturated carbocycles. The van der Waals surface area contributed by atoms with Crippen LogP contribution in [-0.4, -0.2) is 29.9 Å². The van der Waals surface area contributed by atoms with Crippen molar-refractivity contribution in [1.82, 2.24) is 39.9 Å². The number of aromatic nitrogens is 8. The molecule has 0 atom stereocenters. The molecule has 10 aromatic rings. The van der Waals surface area contributed by atoms with Crippen molar-refractivity contribution >= 4 is 195 Å². The molecule has 0 N–H and O–H groups in total. The summed E-state index contributed by atoms with van der Waals surface area (Å²) in [6.45, 7) is 37.9. The predicted molar refractivity (Wildman–Crippen MR) is 411 cm³/mol. The van der Waals surface area contributed by atoms with Crippen LogP contribution in [0.5, 0.6) is 34.5 Å². The van der Waals surface area contributed by atoms with Crippen LogP contribution in [0, 0.1) is 0 Å². The third kappa shape index (κ3) is 13.4. The quantitative estimate of drug-likeness (QED) is 0.0895. The average Bonchev–Trinajstić information content (AvgIpc) is 1.59. The molecule has 0 amide bonds. The number of benzene rings is 7. The first kappa shape index (κ1) is 75.8. The number of nitrogens with zero attached hydrogens (tertiary/aromatic N) is 8. The molecule has 11 nitrogen and oxygen atoms in total. The Labute approximate surface area is 652 Å². The van der Waals surface area contributed by atoms with E-state index in [0.29, 0.717) is 17.2 Å². The second kappa shape index (κ2) is 26.4. The van der Waals surface area contributed by atoms with Gasteiger partial charge in [0.2, 0.25) is 0 Å². The van der Waals surface area contributed by atoms with Gasteiger partial charge in [-0.1, -0.05) is 312 Å². The first-order valence-corrected chi connectivity index (χ1v) is 35.9. The predicted octanol–water partition coefficient (Wildman–Crippen LogP) is 27.8. The Hall–Kier alpha value is -4.31. The summed E-state index contributed by atoms with van der Waals surface area (Å²) in [5.74, 6) is 0.795. The fourth-order valence-electron chi connectivity index (χ4n) is 11.7. The number of ether oxygens (including phenoxy) is 3. The van der Waals surface area contributed by atoms with Gasteiger partial charge in [0.1, 0.15) is 32.3 Å². The van der Waals surface area contributed by atoms with Gasteiger partial charge in [-0.15, -0.1) is 0 Å². The standard InChI is InChI=1S/C74H63Cl13N8O3.Zn/c1-69(2,3)28-19-22-34(31(25-28)72(10,11)12)96-58-50(80)42-39(47(77)55(58)85)63-89-61-37-38(46(76)54(84)53(83)45(37)75)62(88-61)90-64-40-43(51(81)59(56(86)48(40)78)97-35-23-20-29(70(4,5)6)26-32(35)73(13,14)15)67(92-64)95-68-44-41(65(94-68)93-66(42)91-63)49(79)57(87)60(52(44)82)98-36-24-21-30(71(7,8)9)27-33(36)74(16,17)18;/h19-27H,1-18H3;/q-2;+2. The van der Waals surface area contributed by atoms with Gasteiger partial charge in [0, 0.05) is 83.1 Å². The van der Waals surface area contributed by atoms with E-state index in [1.54, 1.807) is 0 Å². The van der Waals surface area contributed by atoms with E-state index in [2.05, 4.69) is 143 Å². The first-order valence-electron chi connectivity index (χ1n) is 31.0. The smallest absolute Gasteiger partial charge is 0.454 e. The van der Waals surface area contributed by atoms with Gasteiger partial charge in [-0.2, -0.15) is 0 Å². The molecule has 0 aliphatic carbocycles. The van der Waals surface area contributed by atoms with E-state index >= 15 is 0 Å². The molecule has 0 radical (unpaired) electrons. The van der Waals surface area contributed by atoms with Crippen molar-refractivity contribution in [2.75, 3.05) is 0 Å². The molecule has 8 bridgehead atoms. The minimum absolute atomic E-state index is 0. The van der Waals surface area contributed by atoms with Gasteiger partial charge in [0.25, 0.3) is 0 Å². The van der Waals surface area contributed by atoms with Crippen molar-refractivity contribution in [3.05, 3.63) is 153 Å². The Balaban J connectivity index is 0.00000990. The van der Waals surface area contributed by atoms with Crippen LogP contribution in [0.2, 0.25) is 65.3 Å². The summed E-state index contributed by atoms with van der Waals surface area (Å²) < 4.78 is 20.7. The Morgan fingerprint density at radius 1 is 0.263 bits per heavy atom. The number of rotatable bonds is 6. The Morgan fingerprint density at radius 2 is 0.495 bits per heavy atom. The Morgan fingerprint density at radius 3 is 0.758 bits per heavy atom. The number of hydrogen-bond donors (Lipinski definition) is 0. The molecule has 0 spiro atoms. The SMILES string of the molecule is CC(C)(C)c1ccc(Oc2c(Cl)c(Cl)c3c(c2Cl)-c2nc-3nc3[n-]c(nc4nc(nc5[n-]c(n2)c2c(Cl)c(Cl)c(Oc6ccc(C(C)(C)C)cc6C(C)(C)C)c(Cl)c52)-c2c(Cl)c(Oc5ccc(C(C)(C)C)cc5C(C)(C)C)c(Cl)c(Cl)c2-4)c2c(Cl)c(Cl)c(Cl)c(Cl)c32)c(C(C)(C)C)c1.[Zn+2]. The molecule has 5 heterocycles. The van der Waals surface area contributed by atoms with Crippen LogP contribution in [0.25, 0.3) is 89.7 Å². The van der Waals surface area contributed by atoms with E-state index in [9.17, 15) is 0 Å². The molecule has 7 aromatic carbocycles. The largest absolute Gasteiger partial charge is 2.00 e. The van der Waals surface area contributed by atoms with Gasteiger partial charge in [-0.25, -0.2) is 9.97 Å². The third-order valence-corrected chi connectivity index (χ3v) is 22.6. The van der Waals surface area contributed by atoms with Crippen LogP contribution < -0.4 is 24.2 Å². The zero-order valence-corrected chi connectivity index (χ0v) is 69.9. The molecule has 99 heavy (non-hydrogen) atoms. The summed E-state index contributed by atoms with van der Waals surface area (Å²) in [7, 11) is 0. The minimum atomic E-state index is -0.448. The second-order valence-corrected chi connectivity index (χ2v) is 35.4. The maximum Gasteiger partial charge on any atom is 2.00 e. The van der Waals surface area contributed by atoms with Gasteiger partial charge in [0.05, 0.1) is 73.5 Å². The third-order valence-electron chi connectivity index (χ3n) is 17.2. The molecule has 3 aromatic heterocycles. The minimum Gasteiger partial charge on any atom is -0.454 e. The van der Waals surface area contributed by atoms with Gasteiger partial charge in [-0.3, -0.25) is 0 Å². The van der Waals surface area contributed by atoms with E-state index in [0.717, 1.165) is 33.4 Å². The molecule has 2 aliphatic rings. The van der Waals surface area contributed by atoms with Gasteiger partial charge < -0.3 is 44.1 Å². The molecule has 510 valence electrons. The van der Waals surface area contributed by atoms with Crippen molar-refractivity contribution in [3.63, 3.8) is 0 Å². The Bertz CT molecular complexity index is 5320. The van der Waals surface area contributed by atoms with E-state index in [1.807, 2.05) is 36.4 Å². The van der Waals surface area contributed by atoms with E-state index in [-0.39, 0.29) is 208 Å². The van der Waals surface area contributed by atoms with Crippen LogP contribution in [-0.2, 0) is 52.0 Å². The maximum atomic E-state index is 7.80. The topological polar surface area (TPSA) is 133 Å². The summed E-state index contributed by atoms with van der Waals surface area (Å²) in [6, 6.07) is 18.0. The van der Waals surface area contributed by atoms with Crippen molar-refractivity contribution in [3.8, 4) is 80.0 Å². The number of halogens is 13. The normalized spacial score (nSPS) is 12.9. The summed E-state index contributed by atoms with van der Waals surface area (Å²) in [6.07, 6.45) is 0. The van der Waals surface area contributed by atoms with E-state index in [1.165, 1.54) is 0 Å². The fourth-order valence-corrected chi connectivity index (χ4v) is 15.3. The van der Waals surface area contributed by atoms with Crippen LogP contribution in [0.1, 0.15) is 158 Å². The first-order chi connectivity index (χ1) is 45.3.